The minimum atomic E-state index is 0.566. The van der Waals surface area contributed by atoms with Gasteiger partial charge in [0.05, 0.1) is 0 Å². The monoisotopic (exact) mass is 454 g/mol. The minimum absolute atomic E-state index is 0.566. The predicted molar refractivity (Wildman–Crippen MR) is 151 cm³/mol. The van der Waals surface area contributed by atoms with Gasteiger partial charge in [-0.1, -0.05) is 74.9 Å². The molecule has 0 spiro atoms. The van der Waals surface area contributed by atoms with Gasteiger partial charge in [-0.3, -0.25) is 0 Å². The fraction of sp³-hybridized carbons (Fsp3) is 0.152. The maximum absolute atomic E-state index is 3.63. The Kier molecular flexibility index (Phi) is 5.50. The number of anilines is 3. The molecule has 1 N–H and O–H groups in total. The summed E-state index contributed by atoms with van der Waals surface area (Å²) < 4.78 is 0. The first-order chi connectivity index (χ1) is 17.2. The lowest BCUT2D eigenvalue weighted by atomic mass is 9.95. The summed E-state index contributed by atoms with van der Waals surface area (Å²) in [7, 11) is 0. The zero-order valence-corrected chi connectivity index (χ0v) is 20.3. The summed E-state index contributed by atoms with van der Waals surface area (Å²) in [4.78, 5) is 5.98. The second-order valence-electron chi connectivity index (χ2n) is 9.55. The van der Waals surface area contributed by atoms with E-state index in [-0.39, 0.29) is 0 Å². The number of aromatic amines is 1. The molecule has 1 aromatic heterocycles. The Balaban J connectivity index is 1.53. The molecular formula is C33H30N2. The van der Waals surface area contributed by atoms with Gasteiger partial charge in [0.25, 0.3) is 0 Å². The highest BCUT2D eigenvalue weighted by molar-refractivity contribution is 6.09. The number of rotatable bonds is 6. The van der Waals surface area contributed by atoms with Crippen molar-refractivity contribution in [3.63, 3.8) is 0 Å². The topological polar surface area (TPSA) is 19.0 Å². The number of nitrogens with one attached hydrogen (secondary N) is 1. The number of fused-ring (bicyclic) bond motifs is 4. The molecule has 0 saturated carbocycles. The van der Waals surface area contributed by atoms with E-state index in [1.165, 1.54) is 51.0 Å². The van der Waals surface area contributed by atoms with Crippen LogP contribution in [-0.2, 0) is 0 Å². The van der Waals surface area contributed by atoms with Gasteiger partial charge < -0.3 is 9.88 Å². The summed E-state index contributed by atoms with van der Waals surface area (Å²) in [6.07, 6.45) is 2.41. The van der Waals surface area contributed by atoms with Crippen molar-refractivity contribution in [2.45, 2.75) is 32.6 Å². The van der Waals surface area contributed by atoms with Crippen LogP contribution in [-0.4, -0.2) is 4.98 Å². The van der Waals surface area contributed by atoms with E-state index in [0.717, 1.165) is 17.1 Å². The van der Waals surface area contributed by atoms with Crippen LogP contribution in [0, 0.1) is 0 Å². The van der Waals surface area contributed by atoms with Crippen LogP contribution in [0.4, 0.5) is 17.1 Å². The van der Waals surface area contributed by atoms with Crippen molar-refractivity contribution in [2.24, 2.45) is 0 Å². The van der Waals surface area contributed by atoms with Crippen LogP contribution < -0.4 is 4.90 Å². The van der Waals surface area contributed by atoms with E-state index in [1.807, 2.05) is 0 Å². The van der Waals surface area contributed by atoms with Crippen molar-refractivity contribution in [1.82, 2.24) is 4.98 Å². The quantitative estimate of drug-likeness (QED) is 0.265. The Hall–Kier alpha value is -4.04. The smallest absolute Gasteiger partial charge is 0.0469 e. The van der Waals surface area contributed by atoms with Gasteiger partial charge in [0.1, 0.15) is 0 Å². The minimum Gasteiger partial charge on any atom is -0.355 e. The highest BCUT2D eigenvalue weighted by Crippen LogP contribution is 2.39. The van der Waals surface area contributed by atoms with Gasteiger partial charge in [-0.05, 0) is 83.3 Å². The van der Waals surface area contributed by atoms with Crippen molar-refractivity contribution in [3.05, 3.63) is 115 Å². The van der Waals surface area contributed by atoms with E-state index in [0.29, 0.717) is 5.92 Å². The molecule has 0 aliphatic heterocycles. The molecular weight excluding hydrogens is 424 g/mol. The largest absolute Gasteiger partial charge is 0.355 e. The summed E-state index contributed by atoms with van der Waals surface area (Å²) >= 11 is 0. The third-order valence-electron chi connectivity index (χ3n) is 7.16. The van der Waals surface area contributed by atoms with Gasteiger partial charge in [0, 0.05) is 38.9 Å². The van der Waals surface area contributed by atoms with Crippen molar-refractivity contribution in [1.29, 1.82) is 0 Å². The molecule has 5 aromatic carbocycles. The third kappa shape index (κ3) is 3.95. The summed E-state index contributed by atoms with van der Waals surface area (Å²) in [5.41, 5.74) is 7.26. The average Bonchev–Trinajstić information content (AvgIpc) is 3.27. The number of para-hydroxylation sites is 1. The maximum atomic E-state index is 3.63. The Bertz CT molecular complexity index is 1630. The van der Waals surface area contributed by atoms with Gasteiger partial charge in [0.2, 0.25) is 0 Å². The molecule has 1 atom stereocenters. The Morgan fingerprint density at radius 2 is 1.29 bits per heavy atom. The molecule has 1 heterocycles. The van der Waals surface area contributed by atoms with Gasteiger partial charge in [-0.25, -0.2) is 0 Å². The van der Waals surface area contributed by atoms with Crippen LogP contribution >= 0.6 is 0 Å². The standard InChI is InChI=1S/C33H30N2/c1-3-9-23(2)25-15-18-32-30(21-25)31-22-29(17-19-33(31)34-32)35(27-12-5-4-6-13-27)28-16-14-24-10-7-8-11-26(24)20-28/h4-8,10-23,34H,3,9H2,1-2H3. The number of hydrogen-bond acceptors (Lipinski definition) is 1. The summed E-state index contributed by atoms with van der Waals surface area (Å²) in [6, 6.07) is 39.6. The molecule has 0 amide bonds. The van der Waals surface area contributed by atoms with Crippen LogP contribution in [0.2, 0.25) is 0 Å². The van der Waals surface area contributed by atoms with Crippen LogP contribution in [0.1, 0.15) is 38.2 Å². The summed E-state index contributed by atoms with van der Waals surface area (Å²) in [6.45, 7) is 4.60. The van der Waals surface area contributed by atoms with Gasteiger partial charge in [0.15, 0.2) is 0 Å². The van der Waals surface area contributed by atoms with Crippen LogP contribution in [0.3, 0.4) is 0 Å². The molecule has 2 heteroatoms. The number of nitrogens with zero attached hydrogens (tertiary/aromatic N) is 1. The Labute approximate surface area is 206 Å². The first-order valence-electron chi connectivity index (χ1n) is 12.6. The van der Waals surface area contributed by atoms with E-state index >= 15 is 0 Å². The zero-order chi connectivity index (χ0) is 23.8. The molecule has 0 fully saturated rings. The average molecular weight is 455 g/mol. The molecule has 0 bridgehead atoms. The van der Waals surface area contributed by atoms with Crippen LogP contribution in [0.15, 0.2) is 109 Å². The number of hydrogen-bond donors (Lipinski definition) is 1. The van der Waals surface area contributed by atoms with Crippen molar-refractivity contribution in [3.8, 4) is 0 Å². The third-order valence-corrected chi connectivity index (χ3v) is 7.16. The molecule has 2 nitrogen and oxygen atoms in total. The summed E-state index contributed by atoms with van der Waals surface area (Å²) in [5, 5.41) is 5.07. The van der Waals surface area contributed by atoms with E-state index in [1.54, 1.807) is 0 Å². The normalized spacial score (nSPS) is 12.4. The molecule has 1 unspecified atom stereocenters. The van der Waals surface area contributed by atoms with Gasteiger partial charge in [-0.2, -0.15) is 0 Å². The SMILES string of the molecule is CCCC(C)c1ccc2[nH]c3ccc(N(c4ccccc4)c4ccc5ccccc5c4)cc3c2c1. The molecule has 172 valence electrons. The first kappa shape index (κ1) is 21.5. The Morgan fingerprint density at radius 1 is 0.629 bits per heavy atom. The number of aromatic nitrogens is 1. The lowest BCUT2D eigenvalue weighted by Gasteiger charge is -2.26. The molecule has 6 rings (SSSR count). The highest BCUT2D eigenvalue weighted by Gasteiger charge is 2.15. The molecule has 0 radical (unpaired) electrons. The zero-order valence-electron chi connectivity index (χ0n) is 20.3. The van der Waals surface area contributed by atoms with Crippen molar-refractivity contribution >= 4 is 49.6 Å². The maximum Gasteiger partial charge on any atom is 0.0469 e. The summed E-state index contributed by atoms with van der Waals surface area (Å²) in [5.74, 6) is 0.566. The van der Waals surface area contributed by atoms with E-state index < -0.39 is 0 Å². The van der Waals surface area contributed by atoms with Crippen LogP contribution in [0.5, 0.6) is 0 Å². The number of benzene rings is 5. The lowest BCUT2D eigenvalue weighted by Crippen LogP contribution is -2.09. The fourth-order valence-electron chi connectivity index (χ4n) is 5.29. The van der Waals surface area contributed by atoms with Crippen molar-refractivity contribution < 1.29 is 0 Å². The fourth-order valence-corrected chi connectivity index (χ4v) is 5.29. The second kappa shape index (κ2) is 8.96. The predicted octanol–water partition coefficient (Wildman–Crippen LogP) is 9.85. The van der Waals surface area contributed by atoms with E-state index in [2.05, 4.69) is 133 Å². The molecule has 0 aliphatic rings. The van der Waals surface area contributed by atoms with Gasteiger partial charge >= 0.3 is 0 Å². The molecule has 0 aliphatic carbocycles. The molecule has 0 saturated heterocycles. The van der Waals surface area contributed by atoms with E-state index in [9.17, 15) is 0 Å². The van der Waals surface area contributed by atoms with E-state index in [4.69, 9.17) is 0 Å². The second-order valence-corrected chi connectivity index (χ2v) is 9.55. The van der Waals surface area contributed by atoms with Gasteiger partial charge in [-0.15, -0.1) is 0 Å². The number of H-pyrrole nitrogens is 1. The molecule has 6 aromatic rings. The molecule has 35 heavy (non-hydrogen) atoms. The van der Waals surface area contributed by atoms with Crippen LogP contribution in [0.25, 0.3) is 32.6 Å². The lowest BCUT2D eigenvalue weighted by molar-refractivity contribution is 0.665. The highest BCUT2D eigenvalue weighted by atomic mass is 15.1. The first-order valence-corrected chi connectivity index (χ1v) is 12.6. The Morgan fingerprint density at radius 3 is 2.09 bits per heavy atom. The van der Waals surface area contributed by atoms with Crippen molar-refractivity contribution in [2.75, 3.05) is 4.90 Å².